The number of rotatable bonds is 5. The van der Waals surface area contributed by atoms with Crippen molar-refractivity contribution in [2.24, 2.45) is 0 Å². The summed E-state index contributed by atoms with van der Waals surface area (Å²) in [6, 6.07) is 18.2. The Hall–Kier alpha value is -2.66. The van der Waals surface area contributed by atoms with Gasteiger partial charge in [0.15, 0.2) is 0 Å². The molecule has 0 saturated heterocycles. The van der Waals surface area contributed by atoms with Gasteiger partial charge in [-0.25, -0.2) is 0 Å². The molecule has 0 fully saturated rings. The largest absolute Gasteiger partial charge is 0.349 e. The summed E-state index contributed by atoms with van der Waals surface area (Å²) in [7, 11) is 1.31. The predicted molar refractivity (Wildman–Crippen MR) is 99.0 cm³/mol. The molecule has 4 nitrogen and oxygen atoms in total. The average Bonchev–Trinajstić information content (AvgIpc) is 2.61. The maximum Gasteiger partial charge on any atom is 0.280 e. The lowest BCUT2D eigenvalue weighted by Gasteiger charge is -2.34. The topological polar surface area (TPSA) is 40.6 Å². The van der Waals surface area contributed by atoms with Gasteiger partial charge in [0.2, 0.25) is 11.8 Å². The highest BCUT2D eigenvalue weighted by molar-refractivity contribution is 6.66. The molecule has 0 aliphatic heterocycles. The molecule has 24 heavy (non-hydrogen) atoms. The van der Waals surface area contributed by atoms with Gasteiger partial charge in [-0.05, 0) is 31.2 Å². The second-order valence-corrected chi connectivity index (χ2v) is 9.07. The molecular formula is C19H22N2O2Si. The van der Waals surface area contributed by atoms with E-state index in [0.29, 0.717) is 11.1 Å². The van der Waals surface area contributed by atoms with Crippen LogP contribution in [0.4, 0.5) is 0 Å². The average molecular weight is 338 g/mol. The molecule has 0 atom stereocenters. The van der Waals surface area contributed by atoms with E-state index in [0.717, 1.165) is 5.20 Å². The molecule has 0 heterocycles. The minimum Gasteiger partial charge on any atom is -0.349 e. The lowest BCUT2D eigenvalue weighted by atomic mass is 10.2. The Labute approximate surface area is 144 Å². The van der Waals surface area contributed by atoms with E-state index >= 15 is 0 Å². The van der Waals surface area contributed by atoms with E-state index < -0.39 is 9.12 Å². The van der Waals surface area contributed by atoms with Gasteiger partial charge >= 0.3 is 0 Å². The SMILES string of the molecule is C=C(C)[SiH](N(C)C(=O)c1ccccc1)N(C)C(=O)c1ccccc1. The number of nitrogens with zero attached hydrogens (tertiary/aromatic N) is 2. The second kappa shape index (κ2) is 7.74. The molecule has 2 rings (SSSR count). The summed E-state index contributed by atoms with van der Waals surface area (Å²) in [4.78, 5) is 25.5. The van der Waals surface area contributed by atoms with Crippen LogP contribution in [-0.4, -0.2) is 44.2 Å². The van der Waals surface area contributed by atoms with Crippen LogP contribution in [0.5, 0.6) is 0 Å². The fourth-order valence-corrected chi connectivity index (χ4v) is 5.30. The molecule has 5 heteroatoms. The highest BCUT2D eigenvalue weighted by Crippen LogP contribution is 2.14. The van der Waals surface area contributed by atoms with Gasteiger partial charge in [0.25, 0.3) is 9.12 Å². The van der Waals surface area contributed by atoms with Crippen molar-refractivity contribution in [2.75, 3.05) is 14.1 Å². The quantitative estimate of drug-likeness (QED) is 0.787. The number of amides is 2. The van der Waals surface area contributed by atoms with E-state index in [1.807, 2.05) is 43.3 Å². The van der Waals surface area contributed by atoms with Gasteiger partial charge in [-0.3, -0.25) is 9.59 Å². The molecule has 0 bridgehead atoms. The highest BCUT2D eigenvalue weighted by atomic mass is 28.3. The van der Waals surface area contributed by atoms with E-state index in [2.05, 4.69) is 6.58 Å². The van der Waals surface area contributed by atoms with Gasteiger partial charge < -0.3 is 9.13 Å². The van der Waals surface area contributed by atoms with Crippen molar-refractivity contribution in [1.82, 2.24) is 9.13 Å². The normalized spacial score (nSPS) is 10.3. The Morgan fingerprint density at radius 1 is 0.792 bits per heavy atom. The summed E-state index contributed by atoms with van der Waals surface area (Å²) >= 11 is 0. The van der Waals surface area contributed by atoms with Gasteiger partial charge in [0.1, 0.15) is 0 Å². The summed E-state index contributed by atoms with van der Waals surface area (Å²) in [5.74, 6) is -0.189. The monoisotopic (exact) mass is 338 g/mol. The summed E-state index contributed by atoms with van der Waals surface area (Å²) in [5, 5.41) is 0.855. The van der Waals surface area contributed by atoms with Gasteiger partial charge in [0, 0.05) is 25.2 Å². The van der Waals surface area contributed by atoms with Crippen molar-refractivity contribution in [1.29, 1.82) is 0 Å². The van der Waals surface area contributed by atoms with Crippen molar-refractivity contribution >= 4 is 20.9 Å². The first kappa shape index (κ1) is 17.7. The number of carbonyl (C=O) groups is 2. The van der Waals surface area contributed by atoms with E-state index in [1.54, 1.807) is 47.5 Å². The number of hydrogen-bond donors (Lipinski definition) is 0. The van der Waals surface area contributed by atoms with Crippen molar-refractivity contribution < 1.29 is 9.59 Å². The fourth-order valence-electron chi connectivity index (χ4n) is 2.71. The summed E-state index contributed by atoms with van der Waals surface area (Å²) in [5.41, 5.74) is 1.22. The molecule has 0 saturated carbocycles. The number of allylic oxidation sites excluding steroid dienone is 1. The van der Waals surface area contributed by atoms with Crippen LogP contribution in [0, 0.1) is 0 Å². The maximum atomic E-state index is 12.7. The van der Waals surface area contributed by atoms with Crippen LogP contribution in [0.25, 0.3) is 0 Å². The highest BCUT2D eigenvalue weighted by Gasteiger charge is 2.31. The van der Waals surface area contributed by atoms with Crippen LogP contribution in [0.1, 0.15) is 27.6 Å². The van der Waals surface area contributed by atoms with Crippen LogP contribution in [0.15, 0.2) is 72.4 Å². The molecule has 0 unspecified atom stereocenters. The summed E-state index contributed by atoms with van der Waals surface area (Å²) in [6.45, 7) is 5.90. The third-order valence-corrected chi connectivity index (χ3v) is 6.67. The predicted octanol–water partition coefficient (Wildman–Crippen LogP) is 2.87. The van der Waals surface area contributed by atoms with E-state index in [1.165, 1.54) is 0 Å². The Kier molecular flexibility index (Phi) is 5.71. The molecule has 0 aliphatic carbocycles. The molecule has 0 spiro atoms. The van der Waals surface area contributed by atoms with E-state index in [4.69, 9.17) is 0 Å². The van der Waals surface area contributed by atoms with Crippen LogP contribution in [0.2, 0.25) is 0 Å². The third kappa shape index (κ3) is 3.81. The minimum atomic E-state index is -2.18. The van der Waals surface area contributed by atoms with Crippen LogP contribution >= 0.6 is 0 Å². The van der Waals surface area contributed by atoms with Gasteiger partial charge in [-0.2, -0.15) is 0 Å². The zero-order valence-electron chi connectivity index (χ0n) is 14.3. The molecule has 124 valence electrons. The first-order chi connectivity index (χ1) is 11.4. The van der Waals surface area contributed by atoms with Gasteiger partial charge in [-0.1, -0.05) is 41.6 Å². The Balaban J connectivity index is 2.27. The standard InChI is InChI=1S/C19H22N2O2Si/c1-15(2)24(20(3)18(22)16-11-7-5-8-12-16)21(4)19(23)17-13-9-6-10-14-17/h5-14,24H,1H2,2-4H3. The molecule has 0 N–H and O–H groups in total. The first-order valence-corrected chi connectivity index (χ1v) is 9.34. The van der Waals surface area contributed by atoms with Crippen LogP contribution in [-0.2, 0) is 0 Å². The fraction of sp³-hybridized carbons (Fsp3) is 0.158. The molecule has 2 amide bonds. The molecule has 2 aromatic rings. The van der Waals surface area contributed by atoms with Crippen molar-refractivity contribution in [2.45, 2.75) is 6.92 Å². The Bertz CT molecular complexity index is 674. The summed E-state index contributed by atoms with van der Waals surface area (Å²) < 4.78 is 3.36. The van der Waals surface area contributed by atoms with Crippen molar-refractivity contribution in [3.8, 4) is 0 Å². The Morgan fingerprint density at radius 3 is 1.42 bits per heavy atom. The van der Waals surface area contributed by atoms with Crippen molar-refractivity contribution in [3.63, 3.8) is 0 Å². The lowest BCUT2D eigenvalue weighted by Crippen LogP contribution is -2.54. The number of benzene rings is 2. The minimum absolute atomic E-state index is 0.0945. The zero-order valence-corrected chi connectivity index (χ0v) is 15.4. The van der Waals surface area contributed by atoms with Gasteiger partial charge in [0.05, 0.1) is 0 Å². The molecular weight excluding hydrogens is 316 g/mol. The van der Waals surface area contributed by atoms with E-state index in [-0.39, 0.29) is 11.8 Å². The molecule has 0 radical (unpaired) electrons. The maximum absolute atomic E-state index is 12.7. The van der Waals surface area contributed by atoms with Crippen LogP contribution in [0.3, 0.4) is 0 Å². The van der Waals surface area contributed by atoms with Crippen molar-refractivity contribution in [3.05, 3.63) is 83.6 Å². The number of hydrogen-bond acceptors (Lipinski definition) is 2. The molecule has 2 aromatic carbocycles. The summed E-state index contributed by atoms with van der Waals surface area (Å²) in [6.07, 6.45) is 0. The van der Waals surface area contributed by atoms with Gasteiger partial charge in [-0.15, -0.1) is 6.58 Å². The number of carbonyl (C=O) groups excluding carboxylic acids is 2. The third-order valence-electron chi connectivity index (χ3n) is 3.86. The Morgan fingerprint density at radius 2 is 1.12 bits per heavy atom. The second-order valence-electron chi connectivity index (χ2n) is 5.78. The molecule has 0 aliphatic rings. The smallest absolute Gasteiger partial charge is 0.280 e. The lowest BCUT2D eigenvalue weighted by molar-refractivity contribution is 0.0836. The molecule has 0 aromatic heterocycles. The zero-order chi connectivity index (χ0) is 17.7. The van der Waals surface area contributed by atoms with E-state index in [9.17, 15) is 9.59 Å². The first-order valence-electron chi connectivity index (χ1n) is 7.73. The van der Waals surface area contributed by atoms with Crippen LogP contribution < -0.4 is 0 Å².